The van der Waals surface area contributed by atoms with Crippen molar-refractivity contribution in [3.05, 3.63) is 34.9 Å². The van der Waals surface area contributed by atoms with Crippen LogP contribution < -0.4 is 4.90 Å². The first-order chi connectivity index (χ1) is 9.15. The Morgan fingerprint density at radius 2 is 1.75 bits per heavy atom. The van der Waals surface area contributed by atoms with Crippen LogP contribution in [0.1, 0.15) is 33.3 Å². The summed E-state index contributed by atoms with van der Waals surface area (Å²) in [7, 11) is 0. The van der Waals surface area contributed by atoms with Crippen molar-refractivity contribution in [1.29, 1.82) is 0 Å². The number of halogens is 2. The van der Waals surface area contributed by atoms with Crippen LogP contribution in [0.3, 0.4) is 0 Å². The fourth-order valence-electron chi connectivity index (χ4n) is 2.12. The number of anilines is 1. The lowest BCUT2D eigenvalue weighted by Crippen LogP contribution is -2.47. The molecule has 1 aliphatic rings. The summed E-state index contributed by atoms with van der Waals surface area (Å²) in [5.74, 6) is 0.0397. The highest BCUT2D eigenvalue weighted by Gasteiger charge is 2.31. The zero-order chi connectivity index (χ0) is 15.5. The van der Waals surface area contributed by atoms with Gasteiger partial charge in [0.25, 0.3) is 0 Å². The molecule has 1 aromatic carbocycles. The molecule has 1 amide bonds. The Hall–Kier alpha value is -1.32. The van der Waals surface area contributed by atoms with E-state index in [1.54, 1.807) is 11.8 Å². The van der Waals surface area contributed by atoms with Crippen LogP contribution in [-0.4, -0.2) is 16.7 Å². The summed E-state index contributed by atoms with van der Waals surface area (Å²) in [6, 6.07) is 5.58. The maximum absolute atomic E-state index is 11.7. The minimum absolute atomic E-state index is 0.0397. The molecule has 0 saturated heterocycles. The molecule has 0 fully saturated rings. The number of amides is 1. The van der Waals surface area contributed by atoms with Crippen LogP contribution in [0.5, 0.6) is 0 Å². The molecule has 0 bridgehead atoms. The van der Waals surface area contributed by atoms with Gasteiger partial charge in [0.15, 0.2) is 0 Å². The lowest BCUT2D eigenvalue weighted by molar-refractivity contribution is -0.117. The summed E-state index contributed by atoms with van der Waals surface area (Å²) in [5.41, 5.74) is 1.62. The average molecular weight is 314 g/mol. The fraction of sp³-hybridized carbons (Fsp3) is 0.333. The van der Waals surface area contributed by atoms with Gasteiger partial charge < -0.3 is 4.90 Å². The summed E-state index contributed by atoms with van der Waals surface area (Å²) < 4.78 is 0. The van der Waals surface area contributed by atoms with E-state index in [1.165, 1.54) is 6.92 Å². The van der Waals surface area contributed by atoms with Crippen LogP contribution in [0.4, 0.5) is 5.69 Å². The van der Waals surface area contributed by atoms with Gasteiger partial charge in [-0.2, -0.15) is 0 Å². The molecule has 2 rings (SSSR count). The molecule has 0 aromatic heterocycles. The van der Waals surface area contributed by atoms with Crippen LogP contribution in [-0.2, 0) is 9.59 Å². The van der Waals surface area contributed by atoms with E-state index in [-0.39, 0.29) is 16.7 Å². The molecule has 5 heteroatoms. The van der Waals surface area contributed by atoms with Gasteiger partial charge in [-0.05, 0) is 49.2 Å². The third kappa shape index (κ3) is 4.09. The smallest absolute Gasteiger partial charge is 0.224 e. The predicted molar refractivity (Wildman–Crippen MR) is 84.3 cm³/mol. The van der Waals surface area contributed by atoms with Crippen LogP contribution in [0.15, 0.2) is 24.3 Å². The highest BCUT2D eigenvalue weighted by molar-refractivity contribution is 6.62. The number of carbonyl (C=O) groups is 2. The number of carbonyl (C=O) groups excluding carboxylic acids is 2. The van der Waals surface area contributed by atoms with Gasteiger partial charge >= 0.3 is 0 Å². The van der Waals surface area contributed by atoms with Crippen LogP contribution in [0, 0.1) is 0 Å². The van der Waals surface area contributed by atoms with Gasteiger partial charge in [-0.3, -0.25) is 9.59 Å². The Morgan fingerprint density at radius 1 is 1.20 bits per heavy atom. The normalized spacial score (nSPS) is 15.0. The first-order valence-corrected chi connectivity index (χ1v) is 6.86. The molecule has 1 aromatic rings. The van der Waals surface area contributed by atoms with Gasteiger partial charge in [-0.25, -0.2) is 0 Å². The summed E-state index contributed by atoms with van der Waals surface area (Å²) >= 11 is 10.6. The quantitative estimate of drug-likeness (QED) is 0.671. The molecule has 0 unspecified atom stereocenters. The third-order valence-corrected chi connectivity index (χ3v) is 3.03. The number of rotatable bonds is 0. The average Bonchev–Trinajstić information content (AvgIpc) is 2.27. The molecule has 0 aliphatic carbocycles. The SMILES string of the molecule is CC(=O)Cl.CC(=O)N1c2ccc(Cl)cc2C=CC1(C)C. The molecule has 108 valence electrons. The minimum Gasteiger partial charge on any atom is -0.303 e. The van der Waals surface area contributed by atoms with E-state index < -0.39 is 0 Å². The Bertz CT molecular complexity index is 561. The van der Waals surface area contributed by atoms with E-state index in [9.17, 15) is 9.59 Å². The standard InChI is InChI=1S/C13H14ClNO.C2H3ClO/c1-9(16)15-12-5-4-11(14)8-10(12)6-7-13(15,2)3;1-2(3)4/h4-8H,1-3H3;1H3. The van der Waals surface area contributed by atoms with E-state index in [0.717, 1.165) is 11.3 Å². The van der Waals surface area contributed by atoms with Gasteiger partial charge in [0.2, 0.25) is 11.1 Å². The molecule has 0 radical (unpaired) electrons. The number of benzene rings is 1. The topological polar surface area (TPSA) is 37.4 Å². The van der Waals surface area contributed by atoms with Crippen molar-refractivity contribution < 1.29 is 9.59 Å². The van der Waals surface area contributed by atoms with Crippen molar-refractivity contribution in [2.24, 2.45) is 0 Å². The number of hydrogen-bond donors (Lipinski definition) is 0. The maximum atomic E-state index is 11.7. The molecule has 1 aliphatic heterocycles. The Balaban J connectivity index is 0.000000444. The van der Waals surface area contributed by atoms with E-state index >= 15 is 0 Å². The molecule has 3 nitrogen and oxygen atoms in total. The molecule has 0 N–H and O–H groups in total. The largest absolute Gasteiger partial charge is 0.303 e. The Labute approximate surface area is 129 Å². The highest BCUT2D eigenvalue weighted by Crippen LogP contribution is 2.35. The van der Waals surface area contributed by atoms with Gasteiger partial charge in [0, 0.05) is 18.9 Å². The van der Waals surface area contributed by atoms with Gasteiger partial charge in [-0.1, -0.05) is 23.8 Å². The summed E-state index contributed by atoms with van der Waals surface area (Å²) in [5, 5.41) is 0.326. The summed E-state index contributed by atoms with van der Waals surface area (Å²) in [4.78, 5) is 22.7. The molecule has 0 saturated carbocycles. The second-order valence-electron chi connectivity index (χ2n) is 5.01. The van der Waals surface area contributed by atoms with E-state index in [1.807, 2.05) is 44.2 Å². The maximum Gasteiger partial charge on any atom is 0.224 e. The van der Waals surface area contributed by atoms with Crippen molar-refractivity contribution >= 4 is 46.1 Å². The Morgan fingerprint density at radius 3 is 2.25 bits per heavy atom. The third-order valence-electron chi connectivity index (χ3n) is 2.79. The van der Waals surface area contributed by atoms with Gasteiger partial charge in [0.1, 0.15) is 0 Å². The summed E-state index contributed by atoms with van der Waals surface area (Å²) in [6.45, 7) is 6.91. The lowest BCUT2D eigenvalue weighted by atomic mass is 9.93. The van der Waals surface area contributed by atoms with E-state index in [2.05, 4.69) is 11.6 Å². The van der Waals surface area contributed by atoms with Crippen molar-refractivity contribution in [2.75, 3.05) is 4.90 Å². The molecule has 20 heavy (non-hydrogen) atoms. The highest BCUT2D eigenvalue weighted by atomic mass is 35.5. The van der Waals surface area contributed by atoms with Crippen molar-refractivity contribution in [3.63, 3.8) is 0 Å². The first-order valence-electron chi connectivity index (χ1n) is 6.11. The van der Waals surface area contributed by atoms with Crippen LogP contribution >= 0.6 is 23.2 Å². The predicted octanol–water partition coefficient (Wildman–Crippen LogP) is 4.27. The molecular formula is C15H17Cl2NO2. The number of nitrogens with zero attached hydrogens (tertiary/aromatic N) is 1. The van der Waals surface area contributed by atoms with E-state index in [0.29, 0.717) is 5.02 Å². The zero-order valence-corrected chi connectivity index (χ0v) is 13.4. The number of fused-ring (bicyclic) bond motifs is 1. The second-order valence-corrected chi connectivity index (χ2v) is 5.98. The molecular weight excluding hydrogens is 297 g/mol. The van der Waals surface area contributed by atoms with Crippen LogP contribution in [0.2, 0.25) is 5.02 Å². The monoisotopic (exact) mass is 313 g/mol. The van der Waals surface area contributed by atoms with E-state index in [4.69, 9.17) is 11.6 Å². The zero-order valence-electron chi connectivity index (χ0n) is 11.9. The minimum atomic E-state index is -0.361. The molecule has 1 heterocycles. The van der Waals surface area contributed by atoms with Crippen molar-refractivity contribution in [3.8, 4) is 0 Å². The second kappa shape index (κ2) is 6.42. The lowest BCUT2D eigenvalue weighted by Gasteiger charge is -2.39. The van der Waals surface area contributed by atoms with Crippen LogP contribution in [0.25, 0.3) is 6.08 Å². The number of hydrogen-bond acceptors (Lipinski definition) is 2. The van der Waals surface area contributed by atoms with Crippen molar-refractivity contribution in [2.45, 2.75) is 33.2 Å². The fourth-order valence-corrected chi connectivity index (χ4v) is 2.30. The first kappa shape index (κ1) is 16.7. The summed E-state index contributed by atoms with van der Waals surface area (Å²) in [6.07, 6.45) is 4.04. The van der Waals surface area contributed by atoms with Gasteiger partial charge in [-0.15, -0.1) is 0 Å². The van der Waals surface area contributed by atoms with Gasteiger partial charge in [0.05, 0.1) is 11.2 Å². The Kier molecular flexibility index (Phi) is 5.37. The molecule has 0 spiro atoms. The molecule has 0 atom stereocenters. The van der Waals surface area contributed by atoms with Crippen molar-refractivity contribution in [1.82, 2.24) is 0 Å².